The van der Waals surface area contributed by atoms with Crippen molar-refractivity contribution in [1.29, 1.82) is 0 Å². The molecular formula is C30H44N2O3S. The van der Waals surface area contributed by atoms with Gasteiger partial charge in [-0.15, -0.1) is 11.8 Å². The van der Waals surface area contributed by atoms with E-state index in [1.165, 1.54) is 56.3 Å². The minimum Gasteiger partial charge on any atom is -0.383 e. The minimum absolute atomic E-state index is 0.173. The Morgan fingerprint density at radius 2 is 1.50 bits per heavy atom. The van der Waals surface area contributed by atoms with E-state index in [-0.39, 0.29) is 17.7 Å². The van der Waals surface area contributed by atoms with Crippen molar-refractivity contribution in [2.45, 2.75) is 83.0 Å². The molecule has 0 bridgehead atoms. The summed E-state index contributed by atoms with van der Waals surface area (Å²) in [6, 6.07) is 13.3. The zero-order valence-electron chi connectivity index (χ0n) is 22.5. The van der Waals surface area contributed by atoms with Crippen molar-refractivity contribution >= 4 is 29.3 Å². The van der Waals surface area contributed by atoms with Crippen LogP contribution < -0.4 is 10.6 Å². The quantitative estimate of drug-likeness (QED) is 0.169. The number of rotatable bonds is 17. The maximum atomic E-state index is 13.0. The molecule has 0 radical (unpaired) electrons. The Labute approximate surface area is 222 Å². The van der Waals surface area contributed by atoms with Gasteiger partial charge in [0.1, 0.15) is 0 Å². The average Bonchev–Trinajstić information content (AvgIpc) is 2.88. The molecule has 6 heteroatoms. The van der Waals surface area contributed by atoms with E-state index in [1.807, 2.05) is 42.1 Å². The van der Waals surface area contributed by atoms with Gasteiger partial charge in [0.05, 0.1) is 6.61 Å². The topological polar surface area (TPSA) is 67.4 Å². The number of carbonyl (C=O) groups is 2. The third kappa shape index (κ3) is 10.8. The summed E-state index contributed by atoms with van der Waals surface area (Å²) in [4.78, 5) is 26.6. The second-order valence-corrected chi connectivity index (χ2v) is 10.7. The summed E-state index contributed by atoms with van der Waals surface area (Å²) in [6.45, 7) is 7.29. The molecule has 0 spiro atoms. The van der Waals surface area contributed by atoms with E-state index in [1.54, 1.807) is 19.2 Å². The van der Waals surface area contributed by atoms with Gasteiger partial charge in [-0.1, -0.05) is 71.8 Å². The van der Waals surface area contributed by atoms with Crippen LogP contribution in [0.1, 0.15) is 104 Å². The molecule has 0 aliphatic carbocycles. The number of thioether (sulfide) groups is 1. The molecule has 36 heavy (non-hydrogen) atoms. The average molecular weight is 513 g/mol. The smallest absolute Gasteiger partial charge is 0.255 e. The third-order valence-electron chi connectivity index (χ3n) is 6.16. The largest absolute Gasteiger partial charge is 0.383 e. The SMILES string of the molecule is CCCCCCCCCCSc1ccc(C(=O)Nc2cc(C(=O)NCCOC)ccc2C(C)C)cc1. The van der Waals surface area contributed by atoms with E-state index in [2.05, 4.69) is 31.4 Å². The van der Waals surface area contributed by atoms with E-state index in [0.717, 1.165) is 11.3 Å². The highest BCUT2D eigenvalue weighted by Crippen LogP contribution is 2.27. The fourth-order valence-electron chi connectivity index (χ4n) is 4.00. The summed E-state index contributed by atoms with van der Waals surface area (Å²) >= 11 is 1.85. The molecule has 0 aliphatic heterocycles. The van der Waals surface area contributed by atoms with Crippen LogP contribution in [0.3, 0.4) is 0 Å². The lowest BCUT2D eigenvalue weighted by molar-refractivity contribution is 0.0936. The Bertz CT molecular complexity index is 928. The molecule has 0 heterocycles. The third-order valence-corrected chi connectivity index (χ3v) is 7.26. The first-order chi connectivity index (χ1) is 17.5. The second-order valence-electron chi connectivity index (χ2n) is 9.51. The fourth-order valence-corrected chi connectivity index (χ4v) is 4.91. The highest BCUT2D eigenvalue weighted by atomic mass is 32.2. The van der Waals surface area contributed by atoms with Gasteiger partial charge in [0.15, 0.2) is 0 Å². The van der Waals surface area contributed by atoms with Crippen LogP contribution in [-0.4, -0.2) is 37.8 Å². The normalized spacial score (nSPS) is 11.0. The molecule has 0 saturated heterocycles. The summed E-state index contributed by atoms with van der Waals surface area (Å²) in [5.74, 6) is 0.961. The van der Waals surface area contributed by atoms with Crippen molar-refractivity contribution in [3.05, 3.63) is 59.2 Å². The summed E-state index contributed by atoms with van der Waals surface area (Å²) < 4.78 is 4.99. The van der Waals surface area contributed by atoms with Crippen LogP contribution >= 0.6 is 11.8 Å². The van der Waals surface area contributed by atoms with Crippen LogP contribution in [0.2, 0.25) is 0 Å². The van der Waals surface area contributed by atoms with Gasteiger partial charge in [-0.25, -0.2) is 0 Å². The Balaban J connectivity index is 1.88. The molecule has 0 unspecified atom stereocenters. The molecule has 2 N–H and O–H groups in total. The van der Waals surface area contributed by atoms with Gasteiger partial charge in [0.2, 0.25) is 0 Å². The lowest BCUT2D eigenvalue weighted by atomic mass is 9.98. The van der Waals surface area contributed by atoms with E-state index < -0.39 is 0 Å². The van der Waals surface area contributed by atoms with Crippen molar-refractivity contribution in [3.8, 4) is 0 Å². The van der Waals surface area contributed by atoms with Crippen molar-refractivity contribution in [3.63, 3.8) is 0 Å². The van der Waals surface area contributed by atoms with Crippen LogP contribution in [0.4, 0.5) is 5.69 Å². The Morgan fingerprint density at radius 3 is 2.14 bits per heavy atom. The van der Waals surface area contributed by atoms with Crippen LogP contribution in [0.15, 0.2) is 47.4 Å². The number of benzene rings is 2. The van der Waals surface area contributed by atoms with Crippen molar-refractivity contribution in [1.82, 2.24) is 5.32 Å². The van der Waals surface area contributed by atoms with Crippen molar-refractivity contribution < 1.29 is 14.3 Å². The predicted molar refractivity (Wildman–Crippen MR) is 152 cm³/mol. The summed E-state index contributed by atoms with van der Waals surface area (Å²) in [7, 11) is 1.60. The second kappa shape index (κ2) is 17.2. The monoisotopic (exact) mass is 512 g/mol. The van der Waals surface area contributed by atoms with E-state index in [4.69, 9.17) is 4.74 Å². The minimum atomic E-state index is -0.185. The summed E-state index contributed by atoms with van der Waals surface area (Å²) in [6.07, 6.45) is 10.6. The standard InChI is InChI=1S/C30H44N2O3S/c1-5-6-7-8-9-10-11-12-21-36-26-16-13-24(14-17-26)30(34)32-28-22-25(15-18-27(28)23(2)3)29(33)31-19-20-35-4/h13-18,22-23H,5-12,19-21H2,1-4H3,(H,31,33)(H,32,34). The molecule has 2 aromatic rings. The van der Waals surface area contributed by atoms with Crippen LogP contribution in [0.25, 0.3) is 0 Å². The van der Waals surface area contributed by atoms with Crippen LogP contribution in [-0.2, 0) is 4.74 Å². The molecule has 0 aliphatic rings. The van der Waals surface area contributed by atoms with Gasteiger partial charge in [0.25, 0.3) is 11.8 Å². The Hall–Kier alpha value is -2.31. The number of ether oxygens (including phenoxy) is 1. The van der Waals surface area contributed by atoms with Gasteiger partial charge in [-0.2, -0.15) is 0 Å². The van der Waals surface area contributed by atoms with Crippen LogP contribution in [0.5, 0.6) is 0 Å². The molecule has 2 rings (SSSR count). The zero-order chi connectivity index (χ0) is 26.2. The molecule has 198 valence electrons. The highest BCUT2D eigenvalue weighted by molar-refractivity contribution is 7.99. The Kier molecular flexibility index (Phi) is 14.3. The predicted octanol–water partition coefficient (Wildman–Crippen LogP) is 7.67. The lowest BCUT2D eigenvalue weighted by Crippen LogP contribution is -2.27. The Morgan fingerprint density at radius 1 is 0.861 bits per heavy atom. The highest BCUT2D eigenvalue weighted by Gasteiger charge is 2.15. The van der Waals surface area contributed by atoms with E-state index in [0.29, 0.717) is 30.0 Å². The van der Waals surface area contributed by atoms with Crippen LogP contribution in [0, 0.1) is 0 Å². The molecule has 5 nitrogen and oxygen atoms in total. The first kappa shape index (κ1) is 29.9. The molecular weight excluding hydrogens is 468 g/mol. The van der Waals surface area contributed by atoms with Gasteiger partial charge in [-0.05, 0) is 60.1 Å². The van der Waals surface area contributed by atoms with Gasteiger partial charge >= 0.3 is 0 Å². The number of amides is 2. The van der Waals surface area contributed by atoms with E-state index >= 15 is 0 Å². The number of unbranched alkanes of at least 4 members (excludes halogenated alkanes) is 7. The molecule has 0 atom stereocenters. The molecule has 0 aromatic heterocycles. The number of hydrogen-bond acceptors (Lipinski definition) is 4. The molecule has 2 amide bonds. The number of methoxy groups -OCH3 is 1. The van der Waals surface area contributed by atoms with Crippen molar-refractivity contribution in [2.75, 3.05) is 31.3 Å². The number of nitrogens with one attached hydrogen (secondary N) is 2. The molecule has 0 fully saturated rings. The molecule has 2 aromatic carbocycles. The van der Waals surface area contributed by atoms with Gasteiger partial charge in [-0.3, -0.25) is 9.59 Å². The number of anilines is 1. The van der Waals surface area contributed by atoms with Crippen molar-refractivity contribution in [2.24, 2.45) is 0 Å². The fraction of sp³-hybridized carbons (Fsp3) is 0.533. The first-order valence-electron chi connectivity index (χ1n) is 13.4. The summed E-state index contributed by atoms with van der Waals surface area (Å²) in [5.41, 5.74) is 2.78. The number of carbonyl (C=O) groups excluding carboxylic acids is 2. The lowest BCUT2D eigenvalue weighted by Gasteiger charge is -2.16. The first-order valence-corrected chi connectivity index (χ1v) is 14.4. The zero-order valence-corrected chi connectivity index (χ0v) is 23.3. The van der Waals surface area contributed by atoms with Gasteiger partial charge < -0.3 is 15.4 Å². The number of hydrogen-bond donors (Lipinski definition) is 2. The maximum absolute atomic E-state index is 13.0. The molecule has 0 saturated carbocycles. The summed E-state index contributed by atoms with van der Waals surface area (Å²) in [5, 5.41) is 5.85. The van der Waals surface area contributed by atoms with E-state index in [9.17, 15) is 9.59 Å². The maximum Gasteiger partial charge on any atom is 0.255 e. The van der Waals surface area contributed by atoms with Gasteiger partial charge in [0, 0.05) is 35.4 Å².